The van der Waals surface area contributed by atoms with Gasteiger partial charge in [0.2, 0.25) is 11.8 Å². The number of aliphatic hydroxyl groups excluding tert-OH is 1. The molecule has 1 aromatic carbocycles. The Bertz CT molecular complexity index is 474. The average molecular weight is 281 g/mol. The van der Waals surface area contributed by atoms with Crippen molar-refractivity contribution in [3.8, 4) is 5.75 Å². The van der Waals surface area contributed by atoms with E-state index in [1.165, 1.54) is 16.7 Å². The number of hydrogen-bond donors (Lipinski definition) is 1. The molecule has 1 aromatic rings. The maximum absolute atomic E-state index is 12.1. The first-order chi connectivity index (χ1) is 9.17. The minimum Gasteiger partial charge on any atom is -0.497 e. The van der Waals surface area contributed by atoms with Crippen molar-refractivity contribution in [1.82, 2.24) is 0 Å². The molecule has 1 atom stereocenters. The zero-order chi connectivity index (χ0) is 13.8. The first kappa shape index (κ1) is 13.9. The highest BCUT2D eigenvalue weighted by Crippen LogP contribution is 2.30. The molecule has 2 rings (SSSR count). The van der Waals surface area contributed by atoms with Crippen molar-refractivity contribution in [2.75, 3.05) is 24.4 Å². The summed E-state index contributed by atoms with van der Waals surface area (Å²) in [5, 5.41) is 8.39. The number of nitrogens with zero attached hydrogens (tertiary/aromatic N) is 1. The fourth-order valence-corrected chi connectivity index (χ4v) is 2.83. The number of anilines is 1. The highest BCUT2D eigenvalue weighted by Gasteiger charge is 2.39. The Kier molecular flexibility index (Phi) is 4.44. The second kappa shape index (κ2) is 6.08. The van der Waals surface area contributed by atoms with Crippen molar-refractivity contribution in [2.24, 2.45) is 0 Å². The molecule has 2 amide bonds. The summed E-state index contributed by atoms with van der Waals surface area (Å²) >= 11 is 1.32. The van der Waals surface area contributed by atoms with Gasteiger partial charge in [-0.2, -0.15) is 0 Å². The highest BCUT2D eigenvalue weighted by molar-refractivity contribution is 8.00. The van der Waals surface area contributed by atoms with E-state index in [1.54, 1.807) is 31.4 Å². The molecule has 1 aliphatic heterocycles. The molecule has 0 spiro atoms. The van der Waals surface area contributed by atoms with Crippen LogP contribution in [0.3, 0.4) is 0 Å². The molecule has 1 fully saturated rings. The maximum Gasteiger partial charge on any atom is 0.247 e. The average Bonchev–Trinajstić information content (AvgIpc) is 2.71. The minimum absolute atomic E-state index is 0.00513. The Morgan fingerprint density at radius 2 is 2.05 bits per heavy atom. The first-order valence-corrected chi connectivity index (χ1v) is 6.95. The van der Waals surface area contributed by atoms with E-state index in [0.29, 0.717) is 17.2 Å². The number of methoxy groups -OCH3 is 1. The number of carbonyl (C=O) groups is 2. The number of rotatable bonds is 5. The number of imide groups is 1. The predicted molar refractivity (Wildman–Crippen MR) is 73.4 cm³/mol. The van der Waals surface area contributed by atoms with Crippen LogP contribution in [-0.2, 0) is 9.59 Å². The summed E-state index contributed by atoms with van der Waals surface area (Å²) in [5.41, 5.74) is 0.558. The Morgan fingerprint density at radius 3 is 2.63 bits per heavy atom. The van der Waals surface area contributed by atoms with Crippen LogP contribution in [0.25, 0.3) is 0 Å². The molecule has 0 bridgehead atoms. The standard InChI is InChI=1S/C13H15NO4S/c1-18-10-4-2-9(3-5-10)14-12(16)8-11(13(14)17)19-7-6-15/h2-5,11,15H,6-8H2,1H3/t11-/m0/s1. The lowest BCUT2D eigenvalue weighted by atomic mass is 10.3. The van der Waals surface area contributed by atoms with Crippen molar-refractivity contribution in [2.45, 2.75) is 11.7 Å². The lowest BCUT2D eigenvalue weighted by Gasteiger charge is -2.15. The van der Waals surface area contributed by atoms with E-state index in [0.717, 1.165) is 0 Å². The molecule has 5 nitrogen and oxygen atoms in total. The van der Waals surface area contributed by atoms with E-state index in [1.807, 2.05) is 0 Å². The van der Waals surface area contributed by atoms with Gasteiger partial charge in [0, 0.05) is 12.2 Å². The van der Waals surface area contributed by atoms with E-state index < -0.39 is 0 Å². The monoisotopic (exact) mass is 281 g/mol. The Labute approximate surface area is 115 Å². The van der Waals surface area contributed by atoms with E-state index in [9.17, 15) is 9.59 Å². The molecular weight excluding hydrogens is 266 g/mol. The summed E-state index contributed by atoms with van der Waals surface area (Å²) < 4.78 is 5.04. The third-order valence-electron chi connectivity index (χ3n) is 2.85. The predicted octanol–water partition coefficient (Wildman–Crippen LogP) is 1.05. The molecule has 0 saturated carbocycles. The van der Waals surface area contributed by atoms with Crippen molar-refractivity contribution < 1.29 is 19.4 Å². The van der Waals surface area contributed by atoms with Gasteiger partial charge in [-0.1, -0.05) is 0 Å². The van der Waals surface area contributed by atoms with Crippen LogP contribution in [0.15, 0.2) is 24.3 Å². The third kappa shape index (κ3) is 2.90. The lowest BCUT2D eigenvalue weighted by molar-refractivity contribution is -0.121. The number of thioether (sulfide) groups is 1. The van der Waals surface area contributed by atoms with E-state index >= 15 is 0 Å². The molecule has 1 N–H and O–H groups in total. The fraction of sp³-hybridized carbons (Fsp3) is 0.385. The number of benzene rings is 1. The van der Waals surface area contributed by atoms with Crippen LogP contribution in [0.1, 0.15) is 6.42 Å². The normalized spacial score (nSPS) is 19.1. The van der Waals surface area contributed by atoms with Crippen LogP contribution in [0.5, 0.6) is 5.75 Å². The fourth-order valence-electron chi connectivity index (χ4n) is 1.93. The Balaban J connectivity index is 2.14. The summed E-state index contributed by atoms with van der Waals surface area (Å²) in [6.45, 7) is 0.00513. The summed E-state index contributed by atoms with van der Waals surface area (Å²) in [5.74, 6) is 0.716. The summed E-state index contributed by atoms with van der Waals surface area (Å²) in [4.78, 5) is 25.3. The molecule has 0 aromatic heterocycles. The zero-order valence-electron chi connectivity index (χ0n) is 10.5. The quantitative estimate of drug-likeness (QED) is 0.817. The van der Waals surface area contributed by atoms with E-state index in [2.05, 4.69) is 0 Å². The maximum atomic E-state index is 12.1. The molecule has 1 aliphatic rings. The number of hydrogen-bond acceptors (Lipinski definition) is 5. The third-order valence-corrected chi connectivity index (χ3v) is 4.04. The lowest BCUT2D eigenvalue weighted by Crippen LogP contribution is -2.31. The molecule has 6 heteroatoms. The van der Waals surface area contributed by atoms with Crippen molar-refractivity contribution in [1.29, 1.82) is 0 Å². The minimum atomic E-state index is -0.387. The number of ether oxygens (including phenoxy) is 1. The van der Waals surface area contributed by atoms with Gasteiger partial charge in [0.25, 0.3) is 0 Å². The van der Waals surface area contributed by atoms with Gasteiger partial charge in [0.15, 0.2) is 0 Å². The van der Waals surface area contributed by atoms with Gasteiger partial charge in [-0.25, -0.2) is 4.90 Å². The first-order valence-electron chi connectivity index (χ1n) is 5.90. The molecule has 1 heterocycles. The molecule has 0 aliphatic carbocycles. The molecule has 0 radical (unpaired) electrons. The summed E-state index contributed by atoms with van der Waals surface area (Å²) in [6.07, 6.45) is 0.190. The van der Waals surface area contributed by atoms with Gasteiger partial charge in [-0.05, 0) is 24.3 Å². The van der Waals surface area contributed by atoms with Crippen LogP contribution in [0.2, 0.25) is 0 Å². The van der Waals surface area contributed by atoms with E-state index in [4.69, 9.17) is 9.84 Å². The zero-order valence-corrected chi connectivity index (χ0v) is 11.4. The second-order valence-corrected chi connectivity index (χ2v) is 5.36. The van der Waals surface area contributed by atoms with Crippen molar-refractivity contribution in [3.05, 3.63) is 24.3 Å². The molecular formula is C13H15NO4S. The second-order valence-electron chi connectivity index (χ2n) is 4.05. The van der Waals surface area contributed by atoms with Crippen LogP contribution in [-0.4, -0.2) is 41.6 Å². The van der Waals surface area contributed by atoms with Crippen LogP contribution < -0.4 is 9.64 Å². The van der Waals surface area contributed by atoms with Crippen molar-refractivity contribution >= 4 is 29.3 Å². The van der Waals surface area contributed by atoms with Crippen LogP contribution in [0, 0.1) is 0 Å². The smallest absolute Gasteiger partial charge is 0.247 e. The molecule has 0 unspecified atom stereocenters. The summed E-state index contributed by atoms with van der Waals surface area (Å²) in [6, 6.07) is 6.80. The highest BCUT2D eigenvalue weighted by atomic mass is 32.2. The van der Waals surface area contributed by atoms with Gasteiger partial charge in [-0.15, -0.1) is 11.8 Å². The Morgan fingerprint density at radius 1 is 1.37 bits per heavy atom. The van der Waals surface area contributed by atoms with E-state index in [-0.39, 0.29) is 30.1 Å². The van der Waals surface area contributed by atoms with Crippen LogP contribution >= 0.6 is 11.8 Å². The van der Waals surface area contributed by atoms with Crippen molar-refractivity contribution in [3.63, 3.8) is 0 Å². The molecule has 102 valence electrons. The van der Waals surface area contributed by atoms with Gasteiger partial charge >= 0.3 is 0 Å². The molecule has 19 heavy (non-hydrogen) atoms. The molecule has 1 saturated heterocycles. The summed E-state index contributed by atoms with van der Waals surface area (Å²) in [7, 11) is 1.56. The van der Waals surface area contributed by atoms with Crippen LogP contribution in [0.4, 0.5) is 5.69 Å². The van der Waals surface area contributed by atoms with Gasteiger partial charge in [-0.3, -0.25) is 9.59 Å². The van der Waals surface area contributed by atoms with Gasteiger partial charge in [0.1, 0.15) is 5.75 Å². The number of amides is 2. The topological polar surface area (TPSA) is 66.8 Å². The Hall–Kier alpha value is -1.53. The largest absolute Gasteiger partial charge is 0.497 e. The number of aliphatic hydroxyl groups is 1. The van der Waals surface area contributed by atoms with Gasteiger partial charge in [0.05, 0.1) is 24.7 Å². The SMILES string of the molecule is COc1ccc(N2C(=O)C[C@H](SCCO)C2=O)cc1. The number of carbonyl (C=O) groups excluding carboxylic acids is 2. The van der Waals surface area contributed by atoms with Gasteiger partial charge < -0.3 is 9.84 Å².